The van der Waals surface area contributed by atoms with Crippen molar-refractivity contribution in [2.24, 2.45) is 5.92 Å². The fraction of sp³-hybridized carbons (Fsp3) is 0.333. The first-order valence-corrected chi connectivity index (χ1v) is 6.43. The van der Waals surface area contributed by atoms with Crippen molar-refractivity contribution in [3.63, 3.8) is 0 Å². The van der Waals surface area contributed by atoms with Gasteiger partial charge in [0, 0.05) is 19.7 Å². The summed E-state index contributed by atoms with van der Waals surface area (Å²) in [5, 5.41) is 8.57. The molecule has 0 aromatic heterocycles. The first-order valence-electron chi connectivity index (χ1n) is 6.43. The molecule has 1 aliphatic carbocycles. The second-order valence-corrected chi connectivity index (χ2v) is 5.04. The van der Waals surface area contributed by atoms with Gasteiger partial charge in [-0.3, -0.25) is 4.79 Å². The molecule has 0 bridgehead atoms. The standard InChI is InChI=1S/C15H16FNO3/c1-17(9-11-2-3-11)15(20)12-8-10(4-6-13(12)16)5-7-14(18)19/h4-8,11H,2-3,9H2,1H3,(H,18,19). The summed E-state index contributed by atoms with van der Waals surface area (Å²) in [6.07, 6.45) is 4.51. The van der Waals surface area contributed by atoms with Crippen LogP contribution in [0, 0.1) is 11.7 Å². The fourth-order valence-corrected chi connectivity index (χ4v) is 1.95. The molecule has 0 saturated heterocycles. The van der Waals surface area contributed by atoms with E-state index in [1.165, 1.54) is 29.2 Å². The van der Waals surface area contributed by atoms with E-state index in [0.29, 0.717) is 18.0 Å². The van der Waals surface area contributed by atoms with Crippen LogP contribution in [0.25, 0.3) is 6.08 Å². The van der Waals surface area contributed by atoms with E-state index in [1.54, 1.807) is 7.05 Å². The number of carbonyl (C=O) groups excluding carboxylic acids is 1. The lowest BCUT2D eigenvalue weighted by Crippen LogP contribution is -2.29. The van der Waals surface area contributed by atoms with Gasteiger partial charge in [-0.25, -0.2) is 9.18 Å². The van der Waals surface area contributed by atoms with Crippen LogP contribution in [0.5, 0.6) is 0 Å². The van der Waals surface area contributed by atoms with E-state index in [1.807, 2.05) is 0 Å². The molecule has 1 saturated carbocycles. The van der Waals surface area contributed by atoms with E-state index in [-0.39, 0.29) is 11.5 Å². The molecule has 1 aliphatic rings. The number of hydrogen-bond donors (Lipinski definition) is 1. The monoisotopic (exact) mass is 277 g/mol. The van der Waals surface area contributed by atoms with Gasteiger partial charge >= 0.3 is 5.97 Å². The van der Waals surface area contributed by atoms with E-state index >= 15 is 0 Å². The van der Waals surface area contributed by atoms with E-state index in [4.69, 9.17) is 5.11 Å². The van der Waals surface area contributed by atoms with Crippen molar-refractivity contribution in [3.05, 3.63) is 41.2 Å². The molecule has 1 N–H and O–H groups in total. The minimum atomic E-state index is -1.09. The van der Waals surface area contributed by atoms with Crippen molar-refractivity contribution in [2.45, 2.75) is 12.8 Å². The Labute approximate surface area is 116 Å². The summed E-state index contributed by atoms with van der Waals surface area (Å²) in [6, 6.07) is 3.99. The molecular formula is C15H16FNO3. The normalized spacial score (nSPS) is 14.5. The zero-order valence-electron chi connectivity index (χ0n) is 11.2. The highest BCUT2D eigenvalue weighted by Gasteiger charge is 2.26. The lowest BCUT2D eigenvalue weighted by Gasteiger charge is -2.17. The van der Waals surface area contributed by atoms with Gasteiger partial charge in [0.25, 0.3) is 5.91 Å². The van der Waals surface area contributed by atoms with Crippen molar-refractivity contribution in [1.29, 1.82) is 0 Å². The van der Waals surface area contributed by atoms with Gasteiger partial charge in [0.05, 0.1) is 5.56 Å². The maximum Gasteiger partial charge on any atom is 0.328 e. The van der Waals surface area contributed by atoms with Crippen LogP contribution in [0.3, 0.4) is 0 Å². The lowest BCUT2D eigenvalue weighted by atomic mass is 10.1. The number of amides is 1. The van der Waals surface area contributed by atoms with Gasteiger partial charge in [0.1, 0.15) is 5.82 Å². The Bertz CT molecular complexity index is 564. The average Bonchev–Trinajstić information content (AvgIpc) is 3.20. The highest BCUT2D eigenvalue weighted by molar-refractivity contribution is 5.95. The van der Waals surface area contributed by atoms with Gasteiger partial charge in [-0.2, -0.15) is 0 Å². The third-order valence-corrected chi connectivity index (χ3v) is 3.21. The molecule has 0 radical (unpaired) electrons. The Morgan fingerprint density at radius 2 is 2.15 bits per heavy atom. The van der Waals surface area contributed by atoms with Crippen LogP contribution in [-0.4, -0.2) is 35.5 Å². The largest absolute Gasteiger partial charge is 0.478 e. The minimum absolute atomic E-state index is 0.0271. The van der Waals surface area contributed by atoms with Crippen LogP contribution >= 0.6 is 0 Å². The van der Waals surface area contributed by atoms with Crippen molar-refractivity contribution in [1.82, 2.24) is 4.90 Å². The molecule has 4 nitrogen and oxygen atoms in total. The molecule has 0 aliphatic heterocycles. The Hall–Kier alpha value is -2.17. The number of hydrogen-bond acceptors (Lipinski definition) is 2. The summed E-state index contributed by atoms with van der Waals surface area (Å²) < 4.78 is 13.7. The van der Waals surface area contributed by atoms with E-state index in [9.17, 15) is 14.0 Å². The molecule has 1 fully saturated rings. The van der Waals surface area contributed by atoms with Crippen LogP contribution in [-0.2, 0) is 4.79 Å². The van der Waals surface area contributed by atoms with E-state index < -0.39 is 11.8 Å². The van der Waals surface area contributed by atoms with Crippen LogP contribution in [0.4, 0.5) is 4.39 Å². The quantitative estimate of drug-likeness (QED) is 0.841. The van der Waals surface area contributed by atoms with Gasteiger partial charge in [0.15, 0.2) is 0 Å². The van der Waals surface area contributed by atoms with Gasteiger partial charge < -0.3 is 10.0 Å². The predicted molar refractivity (Wildman–Crippen MR) is 72.8 cm³/mol. The van der Waals surface area contributed by atoms with Crippen LogP contribution in [0.15, 0.2) is 24.3 Å². The van der Waals surface area contributed by atoms with Crippen LogP contribution in [0.2, 0.25) is 0 Å². The Morgan fingerprint density at radius 1 is 1.45 bits per heavy atom. The summed E-state index contributed by atoms with van der Waals surface area (Å²) in [5.41, 5.74) is 0.456. The zero-order valence-corrected chi connectivity index (χ0v) is 11.2. The molecule has 5 heteroatoms. The van der Waals surface area contributed by atoms with Crippen molar-refractivity contribution in [2.75, 3.05) is 13.6 Å². The third-order valence-electron chi connectivity index (χ3n) is 3.21. The number of nitrogens with zero attached hydrogens (tertiary/aromatic N) is 1. The SMILES string of the molecule is CN(CC1CC1)C(=O)c1cc(C=CC(=O)O)ccc1F. The first kappa shape index (κ1) is 14.2. The number of carboxylic acids is 1. The highest BCUT2D eigenvalue weighted by atomic mass is 19.1. The summed E-state index contributed by atoms with van der Waals surface area (Å²) in [4.78, 5) is 24.1. The molecule has 0 unspecified atom stereocenters. The summed E-state index contributed by atoms with van der Waals surface area (Å²) in [7, 11) is 1.65. The van der Waals surface area contributed by atoms with Gasteiger partial charge in [-0.05, 0) is 42.5 Å². The molecular weight excluding hydrogens is 261 g/mol. The van der Waals surface area contributed by atoms with E-state index in [2.05, 4.69) is 0 Å². The Morgan fingerprint density at radius 3 is 2.75 bits per heavy atom. The van der Waals surface area contributed by atoms with Crippen molar-refractivity contribution in [3.8, 4) is 0 Å². The van der Waals surface area contributed by atoms with Crippen molar-refractivity contribution < 1.29 is 19.1 Å². The maximum absolute atomic E-state index is 13.7. The number of carboxylic acid groups (broad SMARTS) is 1. The second kappa shape index (κ2) is 5.86. The topological polar surface area (TPSA) is 57.6 Å². The highest BCUT2D eigenvalue weighted by Crippen LogP contribution is 2.29. The number of rotatable bonds is 5. The molecule has 0 atom stereocenters. The summed E-state index contributed by atoms with van der Waals surface area (Å²) >= 11 is 0. The smallest absolute Gasteiger partial charge is 0.328 e. The number of carbonyl (C=O) groups is 2. The number of halogens is 1. The molecule has 2 rings (SSSR count). The molecule has 20 heavy (non-hydrogen) atoms. The number of benzene rings is 1. The Balaban J connectivity index is 2.18. The minimum Gasteiger partial charge on any atom is -0.478 e. The summed E-state index contributed by atoms with van der Waals surface area (Å²) in [5.74, 6) is -1.53. The predicted octanol–water partition coefficient (Wildman–Crippen LogP) is 2.41. The molecule has 0 spiro atoms. The summed E-state index contributed by atoms with van der Waals surface area (Å²) in [6.45, 7) is 0.632. The lowest BCUT2D eigenvalue weighted by molar-refractivity contribution is -0.131. The zero-order chi connectivity index (χ0) is 14.7. The van der Waals surface area contributed by atoms with Gasteiger partial charge in [-0.1, -0.05) is 6.07 Å². The third kappa shape index (κ3) is 3.66. The van der Waals surface area contributed by atoms with Crippen LogP contribution < -0.4 is 0 Å². The molecule has 1 aromatic carbocycles. The molecule has 1 aromatic rings. The van der Waals surface area contributed by atoms with Crippen LogP contribution in [0.1, 0.15) is 28.8 Å². The molecule has 1 amide bonds. The van der Waals surface area contributed by atoms with Gasteiger partial charge in [-0.15, -0.1) is 0 Å². The average molecular weight is 277 g/mol. The van der Waals surface area contributed by atoms with Crippen molar-refractivity contribution >= 4 is 18.0 Å². The molecule has 0 heterocycles. The number of aliphatic carboxylic acids is 1. The second-order valence-electron chi connectivity index (χ2n) is 5.04. The Kier molecular flexibility index (Phi) is 4.17. The first-order chi connectivity index (χ1) is 9.47. The molecule has 106 valence electrons. The maximum atomic E-state index is 13.7. The van der Waals surface area contributed by atoms with E-state index in [0.717, 1.165) is 18.9 Å². The van der Waals surface area contributed by atoms with Gasteiger partial charge in [0.2, 0.25) is 0 Å². The fourth-order valence-electron chi connectivity index (χ4n) is 1.95.